The molecule has 3 unspecified atom stereocenters. The van der Waals surface area contributed by atoms with Crippen LogP contribution < -0.4 is 24.8 Å². The van der Waals surface area contributed by atoms with Crippen LogP contribution in [0.4, 0.5) is 0 Å². The van der Waals surface area contributed by atoms with Crippen LogP contribution in [-0.2, 0) is 24.7 Å². The van der Waals surface area contributed by atoms with E-state index in [1.807, 2.05) is 20.0 Å². The molecule has 0 amide bonds. The second-order valence-corrected chi connectivity index (χ2v) is 11.7. The first-order valence-corrected chi connectivity index (χ1v) is 12.1. The van der Waals surface area contributed by atoms with Gasteiger partial charge in [0.05, 0.1) is 0 Å². The molecular formula is C23H31Cl2Zr. The van der Waals surface area contributed by atoms with Gasteiger partial charge in [-0.2, -0.15) is 0 Å². The second-order valence-electron chi connectivity index (χ2n) is 10.5. The second kappa shape index (κ2) is 7.02. The number of hydrogen-bond acceptors (Lipinski definition) is 0. The summed E-state index contributed by atoms with van der Waals surface area (Å²) in [7, 11) is 0. The minimum Gasteiger partial charge on any atom is -1.00 e. The third-order valence-electron chi connectivity index (χ3n) is 9.33. The maximum atomic E-state index is 2.60. The summed E-state index contributed by atoms with van der Waals surface area (Å²) in [4.78, 5) is 0. The van der Waals surface area contributed by atoms with Gasteiger partial charge in [0.1, 0.15) is 0 Å². The van der Waals surface area contributed by atoms with Crippen molar-refractivity contribution in [2.24, 2.45) is 40.9 Å². The van der Waals surface area contributed by atoms with E-state index in [1.165, 1.54) is 32.1 Å². The van der Waals surface area contributed by atoms with Gasteiger partial charge >= 0.3 is 163 Å². The zero-order valence-corrected chi connectivity index (χ0v) is 20.0. The van der Waals surface area contributed by atoms with E-state index in [-0.39, 0.29) is 24.8 Å². The summed E-state index contributed by atoms with van der Waals surface area (Å²) in [6, 6.07) is 0. The van der Waals surface area contributed by atoms with E-state index in [0.717, 1.165) is 35.5 Å². The molecule has 7 rings (SSSR count). The van der Waals surface area contributed by atoms with Gasteiger partial charge in [-0.25, -0.2) is 0 Å². The number of fused-ring (bicyclic) bond motifs is 2. The van der Waals surface area contributed by atoms with Crippen LogP contribution >= 0.6 is 0 Å². The summed E-state index contributed by atoms with van der Waals surface area (Å²) in [5, 5.41) is 0. The first-order chi connectivity index (χ1) is 11.6. The van der Waals surface area contributed by atoms with Crippen LogP contribution in [0.2, 0.25) is 0 Å². The van der Waals surface area contributed by atoms with Crippen LogP contribution in [0.1, 0.15) is 77.6 Å². The minimum atomic E-state index is 0. The molecule has 5 fully saturated rings. The molecule has 0 spiro atoms. The number of hydrogen-bond donors (Lipinski definition) is 0. The largest absolute Gasteiger partial charge is 1.00 e. The SMILES string of the molecule is CC1C2=C(CC(C34CC5CC(CC(C5)C3)C4)=[C]2[Zr+2])C2CCCCC12.[Cl-].[Cl-]. The molecule has 3 atom stereocenters. The van der Waals surface area contributed by atoms with Crippen molar-refractivity contribution in [3.8, 4) is 0 Å². The Morgan fingerprint density at radius 1 is 0.885 bits per heavy atom. The van der Waals surface area contributed by atoms with Gasteiger partial charge in [0.2, 0.25) is 0 Å². The Labute approximate surface area is 187 Å². The number of rotatable bonds is 1. The molecular weight excluding hydrogens is 438 g/mol. The molecule has 0 nitrogen and oxygen atoms in total. The molecule has 0 aliphatic heterocycles. The molecule has 0 N–H and O–H groups in total. The average molecular weight is 470 g/mol. The normalized spacial score (nSPS) is 48.3. The van der Waals surface area contributed by atoms with Gasteiger partial charge in [0.15, 0.2) is 0 Å². The summed E-state index contributed by atoms with van der Waals surface area (Å²) >= 11 is 1.75. The van der Waals surface area contributed by atoms with Gasteiger partial charge in [-0.15, -0.1) is 0 Å². The van der Waals surface area contributed by atoms with Gasteiger partial charge in [-0.05, 0) is 0 Å². The predicted molar refractivity (Wildman–Crippen MR) is 93.9 cm³/mol. The van der Waals surface area contributed by atoms with E-state index in [2.05, 4.69) is 6.92 Å². The topological polar surface area (TPSA) is 0 Å². The summed E-state index contributed by atoms with van der Waals surface area (Å²) in [5.41, 5.74) is 6.60. The van der Waals surface area contributed by atoms with Crippen LogP contribution in [0.5, 0.6) is 0 Å². The van der Waals surface area contributed by atoms with Gasteiger partial charge < -0.3 is 24.8 Å². The Morgan fingerprint density at radius 3 is 2.08 bits per heavy atom. The third kappa shape index (κ3) is 2.69. The van der Waals surface area contributed by atoms with E-state index in [1.54, 1.807) is 63.2 Å². The van der Waals surface area contributed by atoms with Crippen LogP contribution in [-0.4, -0.2) is 0 Å². The van der Waals surface area contributed by atoms with Gasteiger partial charge in [0.25, 0.3) is 0 Å². The molecule has 0 aromatic heterocycles. The smallest absolute Gasteiger partial charge is 1.00 e. The van der Waals surface area contributed by atoms with Crippen molar-refractivity contribution in [3.63, 3.8) is 0 Å². The van der Waals surface area contributed by atoms with E-state index in [9.17, 15) is 0 Å². The maximum Gasteiger partial charge on any atom is -1.00 e. The fraction of sp³-hybridized carbons (Fsp3) is 0.826. The number of halogens is 2. The van der Waals surface area contributed by atoms with E-state index < -0.39 is 0 Å². The van der Waals surface area contributed by atoms with Gasteiger partial charge in [-0.1, -0.05) is 0 Å². The average Bonchev–Trinajstić information content (AvgIpc) is 3.04. The van der Waals surface area contributed by atoms with E-state index in [0.29, 0.717) is 5.41 Å². The molecule has 0 radical (unpaired) electrons. The summed E-state index contributed by atoms with van der Waals surface area (Å²) < 4.78 is 1.90. The van der Waals surface area contributed by atoms with Crippen molar-refractivity contribution in [3.05, 3.63) is 20.0 Å². The third-order valence-corrected chi connectivity index (χ3v) is 10.7. The monoisotopic (exact) mass is 467 g/mol. The number of allylic oxidation sites excluding steroid dienone is 4. The van der Waals surface area contributed by atoms with Crippen LogP contribution in [0.3, 0.4) is 0 Å². The van der Waals surface area contributed by atoms with Crippen molar-refractivity contribution in [1.29, 1.82) is 0 Å². The molecule has 5 saturated carbocycles. The summed E-state index contributed by atoms with van der Waals surface area (Å²) in [6.45, 7) is 2.60. The van der Waals surface area contributed by atoms with Crippen molar-refractivity contribution in [2.45, 2.75) is 77.6 Å². The van der Waals surface area contributed by atoms with Gasteiger partial charge in [-0.3, -0.25) is 0 Å². The zero-order valence-electron chi connectivity index (χ0n) is 16.0. The molecule has 0 aromatic carbocycles. The first kappa shape index (κ1) is 20.2. The van der Waals surface area contributed by atoms with E-state index >= 15 is 0 Å². The Bertz CT molecular complexity index is 626. The van der Waals surface area contributed by atoms with Crippen molar-refractivity contribution < 1.29 is 49.5 Å². The summed E-state index contributed by atoms with van der Waals surface area (Å²) in [6.07, 6.45) is 17.0. The molecule has 26 heavy (non-hydrogen) atoms. The summed E-state index contributed by atoms with van der Waals surface area (Å²) in [5.74, 6) is 6.21. The van der Waals surface area contributed by atoms with Crippen LogP contribution in [0.25, 0.3) is 0 Å². The van der Waals surface area contributed by atoms with Crippen molar-refractivity contribution >= 4 is 0 Å². The molecule has 0 aromatic rings. The molecule has 141 valence electrons. The minimum absolute atomic E-state index is 0. The standard InChI is InChI=1S/C23H31.2ClH.Zr/c1-14-19-4-2-3-5-20(19)22-10-18(9-21(14)22)23-11-15-6-16(12-23)8-17(7-15)13-23;;;/h14-17,19-20H,2-8,10-13H2,1H3;2*1H;/q;;;+2/p-2. The molecule has 0 saturated heterocycles. The molecule has 3 heteroatoms. The van der Waals surface area contributed by atoms with Crippen LogP contribution in [0.15, 0.2) is 20.0 Å². The molecule has 4 bridgehead atoms. The van der Waals surface area contributed by atoms with Crippen LogP contribution in [0, 0.1) is 40.9 Å². The Hall–Kier alpha value is 0.943. The quantitative estimate of drug-likeness (QED) is 0.514. The first-order valence-electron chi connectivity index (χ1n) is 10.8. The Balaban J connectivity index is 0.000000841. The Kier molecular flexibility index (Phi) is 5.46. The molecule has 0 heterocycles. The van der Waals surface area contributed by atoms with Crippen molar-refractivity contribution in [2.75, 3.05) is 0 Å². The molecule has 7 aliphatic rings. The zero-order chi connectivity index (χ0) is 16.1. The van der Waals surface area contributed by atoms with E-state index in [4.69, 9.17) is 0 Å². The Morgan fingerprint density at radius 2 is 1.46 bits per heavy atom. The fourth-order valence-corrected chi connectivity index (χ4v) is 10.7. The molecule has 7 aliphatic carbocycles. The van der Waals surface area contributed by atoms with Gasteiger partial charge in [0, 0.05) is 0 Å². The maximum absolute atomic E-state index is 2.60. The predicted octanol–water partition coefficient (Wildman–Crippen LogP) is 0.168. The van der Waals surface area contributed by atoms with Crippen molar-refractivity contribution in [1.82, 2.24) is 0 Å². The fourth-order valence-electron chi connectivity index (χ4n) is 8.89.